The summed E-state index contributed by atoms with van der Waals surface area (Å²) in [5, 5.41) is 13.8. The van der Waals surface area contributed by atoms with E-state index in [0.717, 1.165) is 0 Å². The first-order chi connectivity index (χ1) is 13.1. The molecule has 7 heteroatoms. The maximum Gasteiger partial charge on any atom is 0.280 e. The van der Waals surface area contributed by atoms with Crippen molar-refractivity contribution in [3.05, 3.63) is 82.6 Å². The van der Waals surface area contributed by atoms with Crippen LogP contribution < -0.4 is 10.1 Å². The van der Waals surface area contributed by atoms with Gasteiger partial charge in [-0.15, -0.1) is 0 Å². The van der Waals surface area contributed by atoms with E-state index >= 15 is 0 Å². The predicted molar refractivity (Wildman–Crippen MR) is 101 cm³/mol. The Morgan fingerprint density at radius 2 is 1.96 bits per heavy atom. The molecule has 0 saturated carbocycles. The monoisotopic (exact) mass is 364 g/mol. The van der Waals surface area contributed by atoms with Gasteiger partial charge in [-0.05, 0) is 36.4 Å². The number of hydrogen-bond acceptors (Lipinski definition) is 5. The second-order valence-electron chi connectivity index (χ2n) is 5.53. The molecule has 0 aliphatic carbocycles. The van der Waals surface area contributed by atoms with Crippen molar-refractivity contribution in [3.63, 3.8) is 0 Å². The number of ether oxygens (including phenoxy) is 1. The zero-order valence-corrected chi connectivity index (χ0v) is 14.4. The third-order valence-corrected chi connectivity index (χ3v) is 3.73. The lowest BCUT2D eigenvalue weighted by Gasteiger charge is -2.04. The van der Waals surface area contributed by atoms with Crippen molar-refractivity contribution in [2.24, 2.45) is 0 Å². The molecule has 7 nitrogen and oxygen atoms in total. The smallest absolute Gasteiger partial charge is 0.280 e. The number of nitro benzene ring substituents is 1. The molecule has 0 fully saturated rings. The summed E-state index contributed by atoms with van der Waals surface area (Å²) in [7, 11) is 1.55. The fraction of sp³-hybridized carbons (Fsp3) is 0.0500. The summed E-state index contributed by atoms with van der Waals surface area (Å²) in [6.07, 6.45) is 2.81. The Morgan fingerprint density at radius 1 is 1.15 bits per heavy atom. The van der Waals surface area contributed by atoms with Crippen LogP contribution in [0.15, 0.2) is 71.2 Å². The second kappa shape index (κ2) is 8.01. The topological polar surface area (TPSA) is 94.6 Å². The highest BCUT2D eigenvalue weighted by molar-refractivity contribution is 6.01. The summed E-state index contributed by atoms with van der Waals surface area (Å²) in [6, 6.07) is 16.6. The van der Waals surface area contributed by atoms with Crippen LogP contribution in [0.4, 0.5) is 11.4 Å². The number of furan rings is 1. The highest BCUT2D eigenvalue weighted by atomic mass is 16.6. The van der Waals surface area contributed by atoms with Gasteiger partial charge >= 0.3 is 0 Å². The van der Waals surface area contributed by atoms with Crippen molar-refractivity contribution < 1.29 is 18.9 Å². The highest BCUT2D eigenvalue weighted by Crippen LogP contribution is 2.31. The lowest BCUT2D eigenvalue weighted by atomic mass is 10.1. The Kier molecular flexibility index (Phi) is 5.32. The van der Waals surface area contributed by atoms with Gasteiger partial charge in [-0.2, -0.15) is 0 Å². The van der Waals surface area contributed by atoms with Crippen LogP contribution in [0.2, 0.25) is 0 Å². The Labute approximate surface area is 155 Å². The number of rotatable bonds is 6. The first kappa shape index (κ1) is 17.9. The molecule has 27 heavy (non-hydrogen) atoms. The number of nitrogens with zero attached hydrogens (tertiary/aromatic N) is 1. The largest absolute Gasteiger partial charge is 0.497 e. The van der Waals surface area contributed by atoms with Crippen LogP contribution in [0.25, 0.3) is 17.4 Å². The van der Waals surface area contributed by atoms with Gasteiger partial charge in [0.2, 0.25) is 5.91 Å². The summed E-state index contributed by atoms with van der Waals surface area (Å²) in [5.74, 6) is 1.06. The minimum atomic E-state index is -0.463. The average molecular weight is 364 g/mol. The number of anilines is 1. The summed E-state index contributed by atoms with van der Waals surface area (Å²) in [6.45, 7) is 0. The number of hydrogen-bond donors (Lipinski definition) is 1. The van der Waals surface area contributed by atoms with E-state index in [9.17, 15) is 14.9 Å². The van der Waals surface area contributed by atoms with Crippen LogP contribution in [-0.2, 0) is 4.79 Å². The van der Waals surface area contributed by atoms with E-state index in [-0.39, 0.29) is 11.6 Å². The minimum Gasteiger partial charge on any atom is -0.497 e. The standard InChI is InChI=1S/C20H16N2O5/c1-26-16-6-4-5-14(13-16)21-20(23)12-10-15-9-11-19(27-15)17-7-2-3-8-18(17)22(24)25/h2-13H,1H3,(H,21,23). The average Bonchev–Trinajstić information content (AvgIpc) is 3.15. The molecule has 0 saturated heterocycles. The molecule has 0 unspecified atom stereocenters. The van der Waals surface area contributed by atoms with Crippen LogP contribution >= 0.6 is 0 Å². The molecule has 0 bridgehead atoms. The van der Waals surface area contributed by atoms with E-state index in [1.54, 1.807) is 61.7 Å². The molecule has 0 aliphatic heterocycles. The van der Waals surface area contributed by atoms with Gasteiger partial charge in [0.15, 0.2) is 0 Å². The molecule has 0 radical (unpaired) electrons. The lowest BCUT2D eigenvalue weighted by Crippen LogP contribution is -2.07. The summed E-state index contributed by atoms with van der Waals surface area (Å²) >= 11 is 0. The van der Waals surface area contributed by atoms with Crippen LogP contribution in [-0.4, -0.2) is 17.9 Å². The Hall–Kier alpha value is -3.87. The van der Waals surface area contributed by atoms with Crippen LogP contribution in [0, 0.1) is 10.1 Å². The molecule has 1 heterocycles. The van der Waals surface area contributed by atoms with E-state index in [0.29, 0.717) is 28.5 Å². The number of amides is 1. The number of nitro groups is 1. The zero-order chi connectivity index (χ0) is 19.2. The zero-order valence-electron chi connectivity index (χ0n) is 14.4. The first-order valence-corrected chi connectivity index (χ1v) is 8.03. The van der Waals surface area contributed by atoms with E-state index in [1.807, 2.05) is 0 Å². The molecule has 2 aromatic carbocycles. The van der Waals surface area contributed by atoms with Gasteiger partial charge in [0.1, 0.15) is 17.3 Å². The van der Waals surface area contributed by atoms with Crippen LogP contribution in [0.1, 0.15) is 5.76 Å². The summed E-state index contributed by atoms with van der Waals surface area (Å²) < 4.78 is 10.7. The van der Waals surface area contributed by atoms with E-state index < -0.39 is 4.92 Å². The van der Waals surface area contributed by atoms with Gasteiger partial charge in [0.25, 0.3) is 5.69 Å². The molecule has 136 valence electrons. The van der Waals surface area contributed by atoms with Crippen molar-refractivity contribution in [3.8, 4) is 17.1 Å². The lowest BCUT2D eigenvalue weighted by molar-refractivity contribution is -0.384. The number of nitrogens with one attached hydrogen (secondary N) is 1. The van der Waals surface area contributed by atoms with Gasteiger partial charge in [0, 0.05) is 23.9 Å². The molecule has 0 atom stereocenters. The van der Waals surface area contributed by atoms with E-state index in [1.165, 1.54) is 18.2 Å². The van der Waals surface area contributed by atoms with Crippen LogP contribution in [0.5, 0.6) is 5.75 Å². The molecule has 1 aromatic heterocycles. The van der Waals surface area contributed by atoms with Gasteiger partial charge in [-0.1, -0.05) is 18.2 Å². The van der Waals surface area contributed by atoms with Crippen molar-refractivity contribution in [1.82, 2.24) is 0 Å². The van der Waals surface area contributed by atoms with Crippen LogP contribution in [0.3, 0.4) is 0 Å². The molecule has 0 aliphatic rings. The van der Waals surface area contributed by atoms with E-state index in [4.69, 9.17) is 9.15 Å². The molecule has 1 N–H and O–H groups in total. The van der Waals surface area contributed by atoms with Gasteiger partial charge in [0.05, 0.1) is 17.6 Å². The Morgan fingerprint density at radius 3 is 2.74 bits per heavy atom. The fourth-order valence-electron chi connectivity index (χ4n) is 2.47. The molecular formula is C20H16N2O5. The highest BCUT2D eigenvalue weighted by Gasteiger charge is 2.16. The number of methoxy groups -OCH3 is 1. The normalized spacial score (nSPS) is 10.7. The summed E-state index contributed by atoms with van der Waals surface area (Å²) in [5.41, 5.74) is 0.935. The van der Waals surface area contributed by atoms with E-state index in [2.05, 4.69) is 5.32 Å². The Balaban J connectivity index is 1.72. The van der Waals surface area contributed by atoms with Gasteiger partial charge in [-0.3, -0.25) is 14.9 Å². The quantitative estimate of drug-likeness (QED) is 0.394. The van der Waals surface area contributed by atoms with Crippen molar-refractivity contribution in [2.75, 3.05) is 12.4 Å². The SMILES string of the molecule is COc1cccc(NC(=O)C=Cc2ccc(-c3ccccc3[N+](=O)[O-])o2)c1. The molecule has 3 rings (SSSR count). The maximum absolute atomic E-state index is 12.0. The maximum atomic E-state index is 12.0. The van der Waals surface area contributed by atoms with Crippen molar-refractivity contribution in [1.29, 1.82) is 0 Å². The molecule has 3 aromatic rings. The second-order valence-corrected chi connectivity index (χ2v) is 5.53. The predicted octanol–water partition coefficient (Wildman–Crippen LogP) is 4.52. The van der Waals surface area contributed by atoms with Crippen molar-refractivity contribution in [2.45, 2.75) is 0 Å². The Bertz CT molecular complexity index is 1010. The fourth-order valence-corrected chi connectivity index (χ4v) is 2.47. The number of carbonyl (C=O) groups excluding carboxylic acids is 1. The molecule has 1 amide bonds. The molecular weight excluding hydrogens is 348 g/mol. The third kappa shape index (κ3) is 4.40. The summed E-state index contributed by atoms with van der Waals surface area (Å²) in [4.78, 5) is 22.7. The molecule has 0 spiro atoms. The number of benzene rings is 2. The van der Waals surface area contributed by atoms with Crippen molar-refractivity contribution >= 4 is 23.4 Å². The third-order valence-electron chi connectivity index (χ3n) is 3.73. The van der Waals surface area contributed by atoms with Gasteiger partial charge in [-0.25, -0.2) is 0 Å². The minimum absolute atomic E-state index is 0.0434. The van der Waals surface area contributed by atoms with Gasteiger partial charge < -0.3 is 14.5 Å². The number of para-hydroxylation sites is 1. The first-order valence-electron chi connectivity index (χ1n) is 8.03. The number of carbonyl (C=O) groups is 1.